The van der Waals surface area contributed by atoms with E-state index in [-0.39, 0.29) is 0 Å². The van der Waals surface area contributed by atoms with Crippen molar-refractivity contribution < 1.29 is 39.2 Å². The molecule has 0 bridgehead atoms. The SMILES string of the molecule is O=C(CC(=O)Nc1cc([N+](=O)[O-])ccc1C(=O)O)Nc1cc([N+](=O)[O-])ccc1C(=O)O. The molecule has 0 heterocycles. The molecule has 0 radical (unpaired) electrons. The number of nitro groups is 2. The van der Waals surface area contributed by atoms with Gasteiger partial charge in [0.15, 0.2) is 0 Å². The molecule has 0 saturated carbocycles. The summed E-state index contributed by atoms with van der Waals surface area (Å²) in [6, 6.07) is 5.23. The Morgan fingerprint density at radius 1 is 0.742 bits per heavy atom. The second-order valence-corrected chi connectivity index (χ2v) is 5.86. The summed E-state index contributed by atoms with van der Waals surface area (Å²) >= 11 is 0. The van der Waals surface area contributed by atoms with Crippen LogP contribution in [0.1, 0.15) is 27.1 Å². The Kier molecular flexibility index (Phi) is 6.56. The van der Waals surface area contributed by atoms with Gasteiger partial charge in [0.05, 0.1) is 32.3 Å². The number of amides is 2. The van der Waals surface area contributed by atoms with E-state index >= 15 is 0 Å². The minimum atomic E-state index is -1.49. The molecular weight excluding hydrogens is 420 g/mol. The van der Waals surface area contributed by atoms with Crippen molar-refractivity contribution in [2.45, 2.75) is 6.42 Å². The zero-order valence-electron chi connectivity index (χ0n) is 15.2. The van der Waals surface area contributed by atoms with Crippen LogP contribution in [0.3, 0.4) is 0 Å². The van der Waals surface area contributed by atoms with Crippen LogP contribution >= 0.6 is 0 Å². The fourth-order valence-corrected chi connectivity index (χ4v) is 2.41. The number of hydrogen-bond donors (Lipinski definition) is 4. The zero-order chi connectivity index (χ0) is 23.3. The number of nitrogens with one attached hydrogen (secondary N) is 2. The Morgan fingerprint density at radius 3 is 1.39 bits per heavy atom. The van der Waals surface area contributed by atoms with Gasteiger partial charge >= 0.3 is 11.9 Å². The quantitative estimate of drug-likeness (QED) is 0.269. The number of carbonyl (C=O) groups is 4. The number of aromatic carboxylic acids is 2. The molecule has 0 aromatic heterocycles. The van der Waals surface area contributed by atoms with Crippen LogP contribution in [0, 0.1) is 20.2 Å². The molecule has 0 spiro atoms. The predicted molar refractivity (Wildman–Crippen MR) is 102 cm³/mol. The molecular formula is C17H12N4O10. The molecule has 2 rings (SSSR count). The molecule has 31 heavy (non-hydrogen) atoms. The highest BCUT2D eigenvalue weighted by atomic mass is 16.6. The lowest BCUT2D eigenvalue weighted by Crippen LogP contribution is -2.23. The smallest absolute Gasteiger partial charge is 0.337 e. The molecule has 0 aliphatic carbocycles. The number of carboxylic acids is 2. The number of carbonyl (C=O) groups excluding carboxylic acids is 2. The monoisotopic (exact) mass is 432 g/mol. The Hall–Kier alpha value is -4.88. The number of nitrogens with zero attached hydrogens (tertiary/aromatic N) is 2. The number of benzene rings is 2. The highest BCUT2D eigenvalue weighted by molar-refractivity contribution is 6.11. The van der Waals surface area contributed by atoms with Gasteiger partial charge in [-0.15, -0.1) is 0 Å². The number of rotatable bonds is 8. The van der Waals surface area contributed by atoms with E-state index in [9.17, 15) is 39.4 Å². The Balaban J connectivity index is 2.20. The van der Waals surface area contributed by atoms with Crippen molar-refractivity contribution in [1.29, 1.82) is 0 Å². The lowest BCUT2D eigenvalue weighted by atomic mass is 10.1. The molecule has 0 unspecified atom stereocenters. The van der Waals surface area contributed by atoms with Crippen molar-refractivity contribution in [1.82, 2.24) is 0 Å². The van der Waals surface area contributed by atoms with Crippen LogP contribution in [0.25, 0.3) is 0 Å². The van der Waals surface area contributed by atoms with Gasteiger partial charge in [-0.1, -0.05) is 0 Å². The van der Waals surface area contributed by atoms with Crippen LogP contribution in [0.15, 0.2) is 36.4 Å². The maximum absolute atomic E-state index is 12.1. The minimum Gasteiger partial charge on any atom is -0.478 e. The van der Waals surface area contributed by atoms with Gasteiger partial charge in [0.25, 0.3) is 11.4 Å². The number of anilines is 2. The Bertz CT molecular complexity index is 1040. The first-order valence-electron chi connectivity index (χ1n) is 8.12. The number of nitro benzene ring substituents is 2. The fraction of sp³-hybridized carbons (Fsp3) is 0.0588. The third-order valence-corrected chi connectivity index (χ3v) is 3.76. The standard InChI is InChI=1S/C17H12N4O10/c22-14(18-12-5-8(20(28)29)1-3-10(12)16(24)25)7-15(23)19-13-6-9(21(30)31)2-4-11(13)17(26)27/h1-6H,7H2,(H,18,22)(H,19,23)(H,24,25)(H,26,27). The summed E-state index contributed by atoms with van der Waals surface area (Å²) < 4.78 is 0. The molecule has 2 amide bonds. The van der Waals surface area contributed by atoms with Gasteiger partial charge in [0.2, 0.25) is 11.8 Å². The average molecular weight is 432 g/mol. The lowest BCUT2D eigenvalue weighted by Gasteiger charge is -2.10. The zero-order valence-corrected chi connectivity index (χ0v) is 15.2. The van der Waals surface area contributed by atoms with Gasteiger partial charge in [0, 0.05) is 24.3 Å². The molecule has 2 aromatic carbocycles. The highest BCUT2D eigenvalue weighted by Crippen LogP contribution is 2.24. The highest BCUT2D eigenvalue weighted by Gasteiger charge is 2.21. The maximum Gasteiger partial charge on any atom is 0.337 e. The molecule has 160 valence electrons. The van der Waals surface area contributed by atoms with E-state index in [1.807, 2.05) is 0 Å². The first-order valence-corrected chi connectivity index (χ1v) is 8.12. The summed E-state index contributed by atoms with van der Waals surface area (Å²) in [5.74, 6) is -5.11. The van der Waals surface area contributed by atoms with Gasteiger partial charge in [-0.05, 0) is 12.1 Å². The Labute approximate surface area is 171 Å². The summed E-state index contributed by atoms with van der Waals surface area (Å²) in [5.41, 5.74) is -2.81. The van der Waals surface area contributed by atoms with Crippen molar-refractivity contribution >= 4 is 46.5 Å². The van der Waals surface area contributed by atoms with E-state index in [1.54, 1.807) is 0 Å². The van der Waals surface area contributed by atoms with Gasteiger partial charge in [-0.3, -0.25) is 29.8 Å². The molecule has 0 fully saturated rings. The molecule has 4 N–H and O–H groups in total. The van der Waals surface area contributed by atoms with Crippen LogP contribution in [-0.2, 0) is 9.59 Å². The van der Waals surface area contributed by atoms with Crippen molar-refractivity contribution in [3.05, 3.63) is 67.8 Å². The molecule has 2 aromatic rings. The molecule has 0 aliphatic heterocycles. The number of hydrogen-bond acceptors (Lipinski definition) is 8. The van der Waals surface area contributed by atoms with E-state index < -0.39 is 73.9 Å². The fourth-order valence-electron chi connectivity index (χ4n) is 2.41. The first kappa shape index (κ1) is 22.4. The van der Waals surface area contributed by atoms with Gasteiger partial charge in [-0.2, -0.15) is 0 Å². The minimum absolute atomic E-state index is 0.430. The molecule has 14 nitrogen and oxygen atoms in total. The van der Waals surface area contributed by atoms with Gasteiger partial charge in [0.1, 0.15) is 6.42 Å². The van der Waals surface area contributed by atoms with Gasteiger partial charge in [-0.25, -0.2) is 9.59 Å². The third-order valence-electron chi connectivity index (χ3n) is 3.76. The first-order chi connectivity index (χ1) is 14.5. The predicted octanol–water partition coefficient (Wildman–Crippen LogP) is 1.87. The van der Waals surface area contributed by atoms with E-state index in [0.717, 1.165) is 36.4 Å². The topological polar surface area (TPSA) is 219 Å². The van der Waals surface area contributed by atoms with E-state index in [4.69, 9.17) is 10.2 Å². The maximum atomic E-state index is 12.1. The largest absolute Gasteiger partial charge is 0.478 e. The third kappa shape index (κ3) is 5.57. The van der Waals surface area contributed by atoms with Crippen LogP contribution in [0.5, 0.6) is 0 Å². The van der Waals surface area contributed by atoms with Crippen molar-refractivity contribution in [3.63, 3.8) is 0 Å². The summed E-state index contributed by atoms with van der Waals surface area (Å²) in [5, 5.41) is 44.1. The molecule has 0 saturated heterocycles. The Morgan fingerprint density at radius 2 is 1.10 bits per heavy atom. The van der Waals surface area contributed by atoms with Gasteiger partial charge < -0.3 is 20.8 Å². The normalized spacial score (nSPS) is 10.1. The van der Waals surface area contributed by atoms with E-state index in [2.05, 4.69) is 10.6 Å². The summed E-state index contributed by atoms with van der Waals surface area (Å²) in [4.78, 5) is 66.7. The molecule has 14 heteroatoms. The second-order valence-electron chi connectivity index (χ2n) is 5.86. The summed E-state index contributed by atoms with van der Waals surface area (Å²) in [6.45, 7) is 0. The number of carboxylic acid groups (broad SMARTS) is 2. The average Bonchev–Trinajstić information content (AvgIpc) is 2.66. The van der Waals surface area contributed by atoms with Crippen molar-refractivity contribution in [2.24, 2.45) is 0 Å². The summed E-state index contributed by atoms with van der Waals surface area (Å²) in [6.07, 6.45) is -0.941. The number of non-ortho nitro benzene ring substituents is 2. The van der Waals surface area contributed by atoms with Crippen molar-refractivity contribution in [2.75, 3.05) is 10.6 Å². The van der Waals surface area contributed by atoms with E-state index in [1.165, 1.54) is 0 Å². The van der Waals surface area contributed by atoms with Crippen LogP contribution in [0.2, 0.25) is 0 Å². The van der Waals surface area contributed by atoms with Crippen LogP contribution < -0.4 is 10.6 Å². The second kappa shape index (κ2) is 9.08. The van der Waals surface area contributed by atoms with E-state index in [0.29, 0.717) is 0 Å². The lowest BCUT2D eigenvalue weighted by molar-refractivity contribution is -0.385. The van der Waals surface area contributed by atoms with Crippen LogP contribution in [0.4, 0.5) is 22.7 Å². The van der Waals surface area contributed by atoms with Crippen molar-refractivity contribution in [3.8, 4) is 0 Å². The molecule has 0 atom stereocenters. The summed E-state index contributed by atoms with van der Waals surface area (Å²) in [7, 11) is 0. The van der Waals surface area contributed by atoms with Crippen LogP contribution in [-0.4, -0.2) is 43.8 Å². The molecule has 0 aliphatic rings.